The van der Waals surface area contributed by atoms with Gasteiger partial charge in [0.05, 0.1) is 24.3 Å². The van der Waals surface area contributed by atoms with Crippen molar-refractivity contribution in [2.45, 2.75) is 31.5 Å². The SMILES string of the molecule is C#CC(C)(C)NC(=O)c1ccc(Oc2ccc(N3C[C@@H]4CN(CC5=C(C(=O)OC)[C@H](c6ccc(F)cc6Cl)N=C(c6nccs6)N5)CCN4C3=O)cc2)cc1. The van der Waals surface area contributed by atoms with Crippen LogP contribution in [-0.2, 0) is 9.53 Å². The van der Waals surface area contributed by atoms with Crippen LogP contribution in [0.5, 0.6) is 11.5 Å². The highest BCUT2D eigenvalue weighted by Gasteiger charge is 2.42. The molecule has 0 aliphatic carbocycles. The van der Waals surface area contributed by atoms with Crippen molar-refractivity contribution in [3.8, 4) is 23.8 Å². The predicted molar refractivity (Wildman–Crippen MR) is 208 cm³/mol. The molecule has 1 aromatic heterocycles. The second-order valence-electron chi connectivity index (χ2n) is 13.7. The lowest BCUT2D eigenvalue weighted by molar-refractivity contribution is -0.136. The van der Waals surface area contributed by atoms with Gasteiger partial charge in [0.2, 0.25) is 0 Å². The Kier molecular flexibility index (Phi) is 10.6. The molecule has 7 rings (SSSR count). The van der Waals surface area contributed by atoms with Crippen molar-refractivity contribution < 1.29 is 28.2 Å². The van der Waals surface area contributed by atoms with Crippen molar-refractivity contribution in [1.29, 1.82) is 0 Å². The first kappa shape index (κ1) is 37.6. The van der Waals surface area contributed by atoms with Gasteiger partial charge in [0.15, 0.2) is 10.8 Å². The van der Waals surface area contributed by atoms with Gasteiger partial charge in [-0.3, -0.25) is 19.6 Å². The smallest absolute Gasteiger partial charge is 0.338 e. The number of esters is 1. The number of fused-ring (bicyclic) bond motifs is 1. The van der Waals surface area contributed by atoms with Crippen LogP contribution < -0.4 is 20.3 Å². The number of thiazole rings is 1. The number of carbonyl (C=O) groups is 3. The third kappa shape index (κ3) is 8.05. The Balaban J connectivity index is 1.04. The zero-order valence-corrected chi connectivity index (χ0v) is 31.8. The number of nitrogens with one attached hydrogen (secondary N) is 2. The fourth-order valence-electron chi connectivity index (χ4n) is 6.72. The third-order valence-corrected chi connectivity index (χ3v) is 10.6. The monoisotopic (exact) mass is 781 g/mol. The molecule has 282 valence electrons. The minimum atomic E-state index is -0.870. The van der Waals surface area contributed by atoms with Gasteiger partial charge in [-0.15, -0.1) is 17.8 Å². The van der Waals surface area contributed by atoms with Gasteiger partial charge in [-0.2, -0.15) is 0 Å². The van der Waals surface area contributed by atoms with Crippen LogP contribution in [0, 0.1) is 18.2 Å². The number of amidine groups is 1. The van der Waals surface area contributed by atoms with Crippen LogP contribution in [0.2, 0.25) is 5.02 Å². The molecule has 12 nitrogen and oxygen atoms in total. The number of halogens is 2. The highest BCUT2D eigenvalue weighted by molar-refractivity contribution is 7.11. The van der Waals surface area contributed by atoms with Gasteiger partial charge >= 0.3 is 12.0 Å². The number of nitrogens with zero attached hydrogens (tertiary/aromatic N) is 5. The molecule has 3 amide bonds. The van der Waals surface area contributed by atoms with E-state index in [0.29, 0.717) is 71.9 Å². The van der Waals surface area contributed by atoms with Gasteiger partial charge in [-0.1, -0.05) is 23.6 Å². The molecule has 2 fully saturated rings. The Hall–Kier alpha value is -5.75. The highest BCUT2D eigenvalue weighted by atomic mass is 35.5. The molecule has 3 aromatic carbocycles. The van der Waals surface area contributed by atoms with Crippen molar-refractivity contribution >= 4 is 52.4 Å². The molecule has 2 saturated heterocycles. The number of anilines is 1. The number of amides is 3. The molecule has 0 spiro atoms. The fraction of sp³-hybridized carbons (Fsp3) is 0.275. The van der Waals surface area contributed by atoms with Crippen LogP contribution in [0.3, 0.4) is 0 Å². The summed E-state index contributed by atoms with van der Waals surface area (Å²) in [7, 11) is 1.30. The number of hydrogen-bond acceptors (Lipinski definition) is 10. The van der Waals surface area contributed by atoms with Crippen LogP contribution in [0.25, 0.3) is 0 Å². The first-order chi connectivity index (χ1) is 26.4. The molecule has 2 atom stereocenters. The number of carbonyl (C=O) groups excluding carboxylic acids is 3. The maximum absolute atomic E-state index is 14.1. The summed E-state index contributed by atoms with van der Waals surface area (Å²) in [6.07, 6.45) is 7.15. The minimum Gasteiger partial charge on any atom is -0.466 e. The fourth-order valence-corrected chi connectivity index (χ4v) is 7.58. The van der Waals surface area contributed by atoms with Crippen molar-refractivity contribution in [2.75, 3.05) is 44.7 Å². The molecule has 4 aromatic rings. The lowest BCUT2D eigenvalue weighted by Crippen LogP contribution is -2.53. The number of aliphatic imine (C=N–C) groups is 1. The van der Waals surface area contributed by atoms with E-state index >= 15 is 0 Å². The number of urea groups is 1. The van der Waals surface area contributed by atoms with E-state index < -0.39 is 23.4 Å². The van der Waals surface area contributed by atoms with Crippen LogP contribution in [0.1, 0.15) is 40.8 Å². The summed E-state index contributed by atoms with van der Waals surface area (Å²) in [5.41, 5.74) is 1.70. The van der Waals surface area contributed by atoms with Gasteiger partial charge in [0.1, 0.15) is 23.4 Å². The summed E-state index contributed by atoms with van der Waals surface area (Å²) >= 11 is 7.90. The molecule has 4 heterocycles. The molecule has 0 saturated carbocycles. The number of aromatic nitrogens is 1. The molecule has 15 heteroatoms. The summed E-state index contributed by atoms with van der Waals surface area (Å²) in [6.45, 7) is 5.86. The van der Waals surface area contributed by atoms with Crippen LogP contribution in [0.15, 0.2) is 94.6 Å². The standard InChI is InChI=1S/C40H37ClFN7O5S/c1-5-40(2,3)46-36(50)24-6-11-28(12-7-24)54-29-13-9-26(10-14-29)49-22-27-21-47(17-18-48(27)39(49)52)23-32-33(38(51)53-4)34(30-15-8-25(42)20-31(30)41)45-35(44-32)37-43-16-19-55-37/h1,6-16,19-20,27,34H,17-18,21-23H2,2-4H3,(H,44,45)(H,46,50)/t27-,34-/m0/s1. The topological polar surface area (TPSA) is 129 Å². The number of methoxy groups -OCH3 is 1. The predicted octanol–water partition coefficient (Wildman–Crippen LogP) is 6.01. The van der Waals surface area contributed by atoms with E-state index in [-0.39, 0.29) is 28.6 Å². The Labute approximate surface area is 326 Å². The molecular formula is C40H37ClFN7O5S. The molecule has 0 unspecified atom stereocenters. The van der Waals surface area contributed by atoms with Crippen molar-refractivity contribution in [3.63, 3.8) is 0 Å². The maximum atomic E-state index is 14.1. The van der Waals surface area contributed by atoms with Gasteiger partial charge < -0.3 is 25.0 Å². The number of ether oxygens (including phenoxy) is 2. The average Bonchev–Trinajstić information content (AvgIpc) is 3.83. The summed E-state index contributed by atoms with van der Waals surface area (Å²) in [5, 5.41) is 8.71. The minimum absolute atomic E-state index is 0.0883. The zero-order valence-electron chi connectivity index (χ0n) is 30.2. The van der Waals surface area contributed by atoms with E-state index in [1.54, 1.807) is 61.3 Å². The second kappa shape index (κ2) is 15.5. The van der Waals surface area contributed by atoms with E-state index in [1.807, 2.05) is 22.4 Å². The first-order valence-electron chi connectivity index (χ1n) is 17.4. The Morgan fingerprint density at radius 3 is 2.47 bits per heavy atom. The molecule has 55 heavy (non-hydrogen) atoms. The quantitative estimate of drug-likeness (QED) is 0.148. The third-order valence-electron chi connectivity index (χ3n) is 9.53. The van der Waals surface area contributed by atoms with Crippen LogP contribution in [-0.4, -0.2) is 89.9 Å². The zero-order chi connectivity index (χ0) is 38.9. The van der Waals surface area contributed by atoms with Crippen molar-refractivity contribution in [2.24, 2.45) is 4.99 Å². The summed E-state index contributed by atoms with van der Waals surface area (Å²) < 4.78 is 25.3. The van der Waals surface area contributed by atoms with Gasteiger partial charge in [-0.05, 0) is 74.5 Å². The maximum Gasteiger partial charge on any atom is 0.338 e. The molecule has 0 radical (unpaired) electrons. The summed E-state index contributed by atoms with van der Waals surface area (Å²) in [6, 6.07) is 16.9. The molecule has 0 bridgehead atoms. The average molecular weight is 782 g/mol. The van der Waals surface area contributed by atoms with Crippen molar-refractivity contribution in [3.05, 3.63) is 117 Å². The molecular weight excluding hydrogens is 745 g/mol. The summed E-state index contributed by atoms with van der Waals surface area (Å²) in [4.78, 5) is 54.6. The lowest BCUT2D eigenvalue weighted by atomic mass is 9.95. The van der Waals surface area contributed by atoms with E-state index in [0.717, 1.165) is 5.69 Å². The van der Waals surface area contributed by atoms with Crippen LogP contribution in [0.4, 0.5) is 14.9 Å². The van der Waals surface area contributed by atoms with Gasteiger partial charge in [0, 0.05) is 71.8 Å². The number of terminal acetylenes is 1. The Bertz CT molecular complexity index is 2220. The van der Waals surface area contributed by atoms with Crippen LogP contribution >= 0.6 is 22.9 Å². The number of benzene rings is 3. The summed E-state index contributed by atoms with van der Waals surface area (Å²) in [5.74, 6) is 2.75. The Morgan fingerprint density at radius 2 is 1.82 bits per heavy atom. The lowest BCUT2D eigenvalue weighted by Gasteiger charge is -2.38. The number of hydrogen-bond donors (Lipinski definition) is 2. The molecule has 3 aliphatic rings. The van der Waals surface area contributed by atoms with Gasteiger partial charge in [0.25, 0.3) is 5.91 Å². The highest BCUT2D eigenvalue weighted by Crippen LogP contribution is 2.37. The van der Waals surface area contributed by atoms with Crippen molar-refractivity contribution in [1.82, 2.24) is 25.4 Å². The largest absolute Gasteiger partial charge is 0.466 e. The second-order valence-corrected chi connectivity index (χ2v) is 15.0. The number of rotatable bonds is 10. The molecule has 3 aliphatic heterocycles. The molecule has 2 N–H and O–H groups in total. The number of piperazine rings is 1. The van der Waals surface area contributed by atoms with E-state index in [1.165, 1.54) is 36.6 Å². The van der Waals surface area contributed by atoms with E-state index in [2.05, 4.69) is 26.4 Å². The normalized spacial score (nSPS) is 18.6. The van der Waals surface area contributed by atoms with E-state index in [9.17, 15) is 18.8 Å². The Morgan fingerprint density at radius 1 is 1.09 bits per heavy atom. The van der Waals surface area contributed by atoms with E-state index in [4.69, 9.17) is 32.5 Å². The van der Waals surface area contributed by atoms with Gasteiger partial charge in [-0.25, -0.2) is 19.0 Å². The first-order valence-corrected chi connectivity index (χ1v) is 18.7.